The molecule has 3 heteroatoms. The first-order chi connectivity index (χ1) is 8.21. The van der Waals surface area contributed by atoms with E-state index in [1.165, 1.54) is 24.2 Å². The summed E-state index contributed by atoms with van der Waals surface area (Å²) in [7, 11) is 2.13. The molecule has 2 aromatic rings. The first-order valence-corrected chi connectivity index (χ1v) is 6.33. The average molecular weight is 229 g/mol. The normalized spacial score (nSPS) is 25.3. The van der Waals surface area contributed by atoms with E-state index in [1.54, 1.807) is 0 Å². The number of hydrogen-bond acceptors (Lipinski definition) is 2. The molecule has 0 bridgehead atoms. The maximum absolute atomic E-state index is 4.83. The maximum Gasteiger partial charge on any atom is 0.116 e. The highest BCUT2D eigenvalue weighted by atomic mass is 15.1. The van der Waals surface area contributed by atoms with Crippen molar-refractivity contribution in [3.8, 4) is 0 Å². The van der Waals surface area contributed by atoms with Crippen LogP contribution in [0.5, 0.6) is 0 Å². The van der Waals surface area contributed by atoms with Crippen LogP contribution < -0.4 is 5.32 Å². The first kappa shape index (κ1) is 10.8. The lowest BCUT2D eigenvalue weighted by molar-refractivity contribution is 0.318. The summed E-state index contributed by atoms with van der Waals surface area (Å²) < 4.78 is 2.25. The predicted molar refractivity (Wildman–Crippen MR) is 70.2 cm³/mol. The Morgan fingerprint density at radius 1 is 1.35 bits per heavy atom. The zero-order valence-electron chi connectivity index (χ0n) is 10.5. The minimum absolute atomic E-state index is 0.173. The molecule has 1 fully saturated rings. The van der Waals surface area contributed by atoms with Crippen LogP contribution >= 0.6 is 0 Å². The lowest BCUT2D eigenvalue weighted by atomic mass is 9.82. The van der Waals surface area contributed by atoms with Crippen molar-refractivity contribution in [2.75, 3.05) is 13.1 Å². The molecule has 0 saturated carbocycles. The van der Waals surface area contributed by atoms with Crippen LogP contribution in [0.3, 0.4) is 0 Å². The minimum Gasteiger partial charge on any atom is -0.331 e. The summed E-state index contributed by atoms with van der Waals surface area (Å²) in [6, 6.07) is 8.37. The van der Waals surface area contributed by atoms with Gasteiger partial charge in [0.2, 0.25) is 0 Å². The lowest BCUT2D eigenvalue weighted by Gasteiger charge is -2.33. The van der Waals surface area contributed by atoms with Gasteiger partial charge in [0.05, 0.1) is 11.0 Å². The predicted octanol–water partition coefficient (Wildman–Crippen LogP) is 2.21. The van der Waals surface area contributed by atoms with Crippen molar-refractivity contribution >= 4 is 11.0 Å². The summed E-state index contributed by atoms with van der Waals surface area (Å²) in [6.45, 7) is 4.49. The van der Waals surface area contributed by atoms with Gasteiger partial charge in [-0.2, -0.15) is 0 Å². The van der Waals surface area contributed by atoms with Crippen molar-refractivity contribution in [3.63, 3.8) is 0 Å². The Labute approximate surface area is 102 Å². The molecule has 17 heavy (non-hydrogen) atoms. The number of aromatic nitrogens is 2. The standard InChI is InChI=1S/C14H19N3/c1-14(8-5-9-15-10-14)13-16-11-6-3-4-7-12(11)17(13)2/h3-4,6-7,15H,5,8-10H2,1-2H3. The molecule has 90 valence electrons. The Bertz CT molecular complexity index is 535. The molecule has 1 aromatic heterocycles. The number of fused-ring (bicyclic) bond motifs is 1. The highest BCUT2D eigenvalue weighted by Crippen LogP contribution is 2.31. The molecule has 1 atom stereocenters. The topological polar surface area (TPSA) is 29.9 Å². The third-order valence-corrected chi connectivity index (χ3v) is 3.92. The van der Waals surface area contributed by atoms with E-state index in [9.17, 15) is 0 Å². The molecule has 3 nitrogen and oxygen atoms in total. The van der Waals surface area contributed by atoms with Gasteiger partial charge in [-0.25, -0.2) is 4.98 Å². The Balaban J connectivity index is 2.13. The summed E-state index contributed by atoms with van der Waals surface area (Å²) in [5, 5.41) is 3.49. The highest BCUT2D eigenvalue weighted by Gasteiger charge is 2.33. The van der Waals surface area contributed by atoms with Crippen LogP contribution in [0.15, 0.2) is 24.3 Å². The van der Waals surface area contributed by atoms with E-state index in [0.29, 0.717) is 0 Å². The summed E-state index contributed by atoms with van der Waals surface area (Å²) in [5.74, 6) is 1.21. The third kappa shape index (κ3) is 1.65. The van der Waals surface area contributed by atoms with Gasteiger partial charge in [-0.05, 0) is 31.5 Å². The van der Waals surface area contributed by atoms with Gasteiger partial charge in [0, 0.05) is 19.0 Å². The molecule has 0 radical (unpaired) electrons. The van der Waals surface area contributed by atoms with Crippen LogP contribution in [0.2, 0.25) is 0 Å². The van der Waals surface area contributed by atoms with Crippen LogP contribution in [0.25, 0.3) is 11.0 Å². The minimum atomic E-state index is 0.173. The Kier molecular flexibility index (Phi) is 2.44. The molecule has 1 aromatic carbocycles. The molecular formula is C14H19N3. The Morgan fingerprint density at radius 3 is 2.88 bits per heavy atom. The fraction of sp³-hybridized carbons (Fsp3) is 0.500. The number of hydrogen-bond donors (Lipinski definition) is 1. The molecule has 1 N–H and O–H groups in total. The highest BCUT2D eigenvalue weighted by molar-refractivity contribution is 5.76. The molecule has 1 aliphatic heterocycles. The second kappa shape index (κ2) is 3.84. The molecule has 0 aliphatic carbocycles. The van der Waals surface area contributed by atoms with Gasteiger partial charge in [-0.15, -0.1) is 0 Å². The van der Waals surface area contributed by atoms with Crippen LogP contribution in [0.4, 0.5) is 0 Å². The smallest absolute Gasteiger partial charge is 0.116 e. The Morgan fingerprint density at radius 2 is 2.18 bits per heavy atom. The second-order valence-corrected chi connectivity index (χ2v) is 5.32. The zero-order chi connectivity index (χ0) is 11.9. The molecule has 3 rings (SSSR count). The summed E-state index contributed by atoms with van der Waals surface area (Å²) >= 11 is 0. The van der Waals surface area contributed by atoms with Gasteiger partial charge in [-0.1, -0.05) is 19.1 Å². The number of rotatable bonds is 1. The molecule has 1 aliphatic rings. The molecular weight excluding hydrogens is 210 g/mol. The average Bonchev–Trinajstić information content (AvgIpc) is 2.69. The molecule has 0 spiro atoms. The van der Waals surface area contributed by atoms with Crippen molar-refractivity contribution in [2.24, 2.45) is 7.05 Å². The number of piperidine rings is 1. The van der Waals surface area contributed by atoms with Crippen molar-refractivity contribution in [3.05, 3.63) is 30.1 Å². The van der Waals surface area contributed by atoms with Crippen LogP contribution in [-0.2, 0) is 12.5 Å². The first-order valence-electron chi connectivity index (χ1n) is 6.33. The van der Waals surface area contributed by atoms with Gasteiger partial charge < -0.3 is 9.88 Å². The zero-order valence-corrected chi connectivity index (χ0v) is 10.5. The van der Waals surface area contributed by atoms with Crippen molar-refractivity contribution in [1.82, 2.24) is 14.9 Å². The monoisotopic (exact) mass is 229 g/mol. The number of nitrogens with zero attached hydrogens (tertiary/aromatic N) is 2. The number of aryl methyl sites for hydroxylation is 1. The van der Waals surface area contributed by atoms with Crippen LogP contribution in [0, 0.1) is 0 Å². The summed E-state index contributed by atoms with van der Waals surface area (Å²) in [4.78, 5) is 4.83. The largest absolute Gasteiger partial charge is 0.331 e. The van der Waals surface area contributed by atoms with E-state index in [-0.39, 0.29) is 5.41 Å². The number of benzene rings is 1. The van der Waals surface area contributed by atoms with E-state index in [1.807, 2.05) is 0 Å². The van der Waals surface area contributed by atoms with Crippen LogP contribution in [-0.4, -0.2) is 22.6 Å². The van der Waals surface area contributed by atoms with E-state index >= 15 is 0 Å². The fourth-order valence-electron chi connectivity index (χ4n) is 2.93. The molecule has 1 unspecified atom stereocenters. The number of imidazole rings is 1. The van der Waals surface area contributed by atoms with E-state index in [0.717, 1.165) is 18.6 Å². The van der Waals surface area contributed by atoms with Gasteiger partial charge in [0.1, 0.15) is 5.82 Å². The van der Waals surface area contributed by atoms with Crippen molar-refractivity contribution in [1.29, 1.82) is 0 Å². The maximum atomic E-state index is 4.83. The van der Waals surface area contributed by atoms with Gasteiger partial charge >= 0.3 is 0 Å². The SMILES string of the molecule is Cn1c(C2(C)CCCNC2)nc2ccccc21. The third-order valence-electron chi connectivity index (χ3n) is 3.92. The molecule has 1 saturated heterocycles. The van der Waals surface area contributed by atoms with Gasteiger partial charge in [0.15, 0.2) is 0 Å². The van der Waals surface area contributed by atoms with Crippen molar-refractivity contribution < 1.29 is 0 Å². The summed E-state index contributed by atoms with van der Waals surface area (Å²) in [6.07, 6.45) is 2.46. The van der Waals surface area contributed by atoms with Gasteiger partial charge in [0.25, 0.3) is 0 Å². The van der Waals surface area contributed by atoms with Crippen molar-refractivity contribution in [2.45, 2.75) is 25.2 Å². The molecule has 2 heterocycles. The van der Waals surface area contributed by atoms with E-state index in [2.05, 4.69) is 48.1 Å². The second-order valence-electron chi connectivity index (χ2n) is 5.32. The van der Waals surface area contributed by atoms with Gasteiger partial charge in [-0.3, -0.25) is 0 Å². The molecule has 0 amide bonds. The Hall–Kier alpha value is -1.35. The summed E-state index contributed by atoms with van der Waals surface area (Å²) in [5.41, 5.74) is 2.51. The van der Waals surface area contributed by atoms with E-state index < -0.39 is 0 Å². The quantitative estimate of drug-likeness (QED) is 0.812. The number of nitrogens with one attached hydrogen (secondary N) is 1. The van der Waals surface area contributed by atoms with E-state index in [4.69, 9.17) is 4.98 Å². The van der Waals surface area contributed by atoms with Crippen LogP contribution in [0.1, 0.15) is 25.6 Å². The fourth-order valence-corrected chi connectivity index (χ4v) is 2.93. The number of para-hydroxylation sites is 2. The lowest BCUT2D eigenvalue weighted by Crippen LogP contribution is -2.42.